The van der Waals surface area contributed by atoms with Crippen LogP contribution in [0.2, 0.25) is 0 Å². The average molecular weight is 304 g/mol. The summed E-state index contributed by atoms with van der Waals surface area (Å²) in [7, 11) is 0. The van der Waals surface area contributed by atoms with Crippen LogP contribution in [0.15, 0.2) is 24.3 Å². The Morgan fingerprint density at radius 1 is 1.23 bits per heavy atom. The van der Waals surface area contributed by atoms with Crippen molar-refractivity contribution in [3.05, 3.63) is 29.8 Å². The summed E-state index contributed by atoms with van der Waals surface area (Å²) >= 11 is 0. The minimum atomic E-state index is -0.0287. The molecule has 1 aromatic carbocycles. The number of amides is 2. The second kappa shape index (κ2) is 7.49. The number of benzene rings is 1. The molecular weight excluding hydrogens is 280 g/mol. The number of carbonyl (C=O) groups excluding carboxylic acids is 1. The molecule has 0 aromatic heterocycles. The minimum Gasteiger partial charge on any atom is -0.490 e. The molecule has 1 heterocycles. The minimum absolute atomic E-state index is 0.0287. The SMILES string of the molecule is O=C(NCc1ccccc1OC1CCCC1)N1CCOCC1. The first-order valence-electron chi connectivity index (χ1n) is 8.18. The highest BCUT2D eigenvalue weighted by molar-refractivity contribution is 5.74. The van der Waals surface area contributed by atoms with Crippen molar-refractivity contribution in [2.75, 3.05) is 26.3 Å². The van der Waals surface area contributed by atoms with E-state index < -0.39 is 0 Å². The smallest absolute Gasteiger partial charge is 0.317 e. The Labute approximate surface area is 131 Å². The summed E-state index contributed by atoms with van der Waals surface area (Å²) in [6.45, 7) is 3.06. The molecule has 0 bridgehead atoms. The third kappa shape index (κ3) is 3.91. The van der Waals surface area contributed by atoms with Gasteiger partial charge in [-0.3, -0.25) is 0 Å². The number of hydrogen-bond donors (Lipinski definition) is 1. The zero-order valence-electron chi connectivity index (χ0n) is 12.9. The molecule has 2 fully saturated rings. The molecule has 5 nitrogen and oxygen atoms in total. The molecule has 2 amide bonds. The average Bonchev–Trinajstić information content (AvgIpc) is 3.07. The fraction of sp³-hybridized carbons (Fsp3) is 0.588. The van der Waals surface area contributed by atoms with Gasteiger partial charge in [-0.25, -0.2) is 4.79 Å². The highest BCUT2D eigenvalue weighted by Gasteiger charge is 2.19. The zero-order chi connectivity index (χ0) is 15.2. The lowest BCUT2D eigenvalue weighted by atomic mass is 10.2. The summed E-state index contributed by atoms with van der Waals surface area (Å²) in [5.74, 6) is 0.900. The van der Waals surface area contributed by atoms with Gasteiger partial charge in [0, 0.05) is 25.2 Å². The van der Waals surface area contributed by atoms with Crippen LogP contribution >= 0.6 is 0 Å². The molecule has 1 N–H and O–H groups in total. The topological polar surface area (TPSA) is 50.8 Å². The van der Waals surface area contributed by atoms with E-state index in [0.717, 1.165) is 24.2 Å². The Bertz CT molecular complexity index is 494. The summed E-state index contributed by atoms with van der Waals surface area (Å²) in [4.78, 5) is 13.9. The summed E-state index contributed by atoms with van der Waals surface area (Å²) in [6.07, 6.45) is 5.10. The summed E-state index contributed by atoms with van der Waals surface area (Å²) in [5.41, 5.74) is 1.04. The molecule has 22 heavy (non-hydrogen) atoms. The number of nitrogens with zero attached hydrogens (tertiary/aromatic N) is 1. The van der Waals surface area contributed by atoms with E-state index in [9.17, 15) is 4.79 Å². The maximum Gasteiger partial charge on any atom is 0.317 e. The maximum absolute atomic E-state index is 12.1. The zero-order valence-corrected chi connectivity index (χ0v) is 12.9. The van der Waals surface area contributed by atoms with Gasteiger partial charge < -0.3 is 19.7 Å². The number of nitrogens with one attached hydrogen (secondary N) is 1. The van der Waals surface area contributed by atoms with Crippen LogP contribution in [0.5, 0.6) is 5.75 Å². The Balaban J connectivity index is 1.56. The monoisotopic (exact) mass is 304 g/mol. The molecule has 1 saturated carbocycles. The van der Waals surface area contributed by atoms with Gasteiger partial charge in [-0.05, 0) is 31.7 Å². The van der Waals surface area contributed by atoms with E-state index in [-0.39, 0.29) is 6.03 Å². The lowest BCUT2D eigenvalue weighted by Crippen LogP contribution is -2.45. The van der Waals surface area contributed by atoms with Crippen LogP contribution in [0.3, 0.4) is 0 Å². The van der Waals surface area contributed by atoms with Gasteiger partial charge in [0.25, 0.3) is 0 Å². The highest BCUT2D eigenvalue weighted by Crippen LogP contribution is 2.26. The summed E-state index contributed by atoms with van der Waals surface area (Å²) in [6, 6.07) is 7.95. The Hall–Kier alpha value is -1.75. The van der Waals surface area contributed by atoms with E-state index in [2.05, 4.69) is 5.32 Å². The first-order valence-corrected chi connectivity index (χ1v) is 8.18. The van der Waals surface area contributed by atoms with Crippen molar-refractivity contribution in [3.63, 3.8) is 0 Å². The fourth-order valence-electron chi connectivity index (χ4n) is 3.00. The second-order valence-corrected chi connectivity index (χ2v) is 5.89. The molecule has 1 saturated heterocycles. The molecule has 1 aromatic rings. The van der Waals surface area contributed by atoms with E-state index in [1.165, 1.54) is 12.8 Å². The van der Waals surface area contributed by atoms with Crippen molar-refractivity contribution in [2.45, 2.75) is 38.3 Å². The quantitative estimate of drug-likeness (QED) is 0.930. The van der Waals surface area contributed by atoms with Gasteiger partial charge in [0.15, 0.2) is 0 Å². The van der Waals surface area contributed by atoms with Gasteiger partial charge in [0.2, 0.25) is 0 Å². The molecule has 2 aliphatic rings. The molecule has 5 heteroatoms. The van der Waals surface area contributed by atoms with Gasteiger partial charge in [0.1, 0.15) is 5.75 Å². The second-order valence-electron chi connectivity index (χ2n) is 5.89. The maximum atomic E-state index is 12.1. The van der Waals surface area contributed by atoms with E-state index >= 15 is 0 Å². The fourth-order valence-corrected chi connectivity index (χ4v) is 3.00. The van der Waals surface area contributed by atoms with Gasteiger partial charge in [-0.15, -0.1) is 0 Å². The molecule has 120 valence electrons. The van der Waals surface area contributed by atoms with Crippen LogP contribution in [0, 0.1) is 0 Å². The van der Waals surface area contributed by atoms with Crippen LogP contribution in [-0.4, -0.2) is 43.3 Å². The Morgan fingerprint density at radius 3 is 2.73 bits per heavy atom. The third-order valence-corrected chi connectivity index (χ3v) is 4.30. The summed E-state index contributed by atoms with van der Waals surface area (Å²) < 4.78 is 11.4. The lowest BCUT2D eigenvalue weighted by molar-refractivity contribution is 0.0531. The van der Waals surface area contributed by atoms with E-state index in [4.69, 9.17) is 9.47 Å². The number of hydrogen-bond acceptors (Lipinski definition) is 3. The largest absolute Gasteiger partial charge is 0.490 e. The van der Waals surface area contributed by atoms with Gasteiger partial charge in [-0.2, -0.15) is 0 Å². The number of ether oxygens (including phenoxy) is 2. The van der Waals surface area contributed by atoms with Crippen LogP contribution in [0.1, 0.15) is 31.2 Å². The first kappa shape index (κ1) is 15.2. The number of rotatable bonds is 4. The van der Waals surface area contributed by atoms with Crippen LogP contribution in [-0.2, 0) is 11.3 Å². The van der Waals surface area contributed by atoms with Crippen molar-refractivity contribution >= 4 is 6.03 Å². The van der Waals surface area contributed by atoms with Gasteiger partial charge >= 0.3 is 6.03 Å². The molecule has 0 radical (unpaired) electrons. The normalized spacial score (nSPS) is 19.2. The van der Waals surface area contributed by atoms with Crippen LogP contribution < -0.4 is 10.1 Å². The molecule has 1 aliphatic heterocycles. The van der Waals surface area contributed by atoms with Crippen molar-refractivity contribution in [1.29, 1.82) is 0 Å². The van der Waals surface area contributed by atoms with Crippen LogP contribution in [0.4, 0.5) is 4.79 Å². The predicted octanol–water partition coefficient (Wildman–Crippen LogP) is 2.55. The van der Waals surface area contributed by atoms with Crippen molar-refractivity contribution in [3.8, 4) is 5.75 Å². The molecule has 1 aliphatic carbocycles. The number of morpholine rings is 1. The molecule has 0 spiro atoms. The summed E-state index contributed by atoms with van der Waals surface area (Å²) in [5, 5.41) is 2.99. The Morgan fingerprint density at radius 2 is 1.95 bits per heavy atom. The lowest BCUT2D eigenvalue weighted by Gasteiger charge is -2.27. The number of carbonyl (C=O) groups is 1. The molecule has 3 rings (SSSR count). The van der Waals surface area contributed by atoms with Crippen molar-refractivity contribution < 1.29 is 14.3 Å². The van der Waals surface area contributed by atoms with Crippen molar-refractivity contribution in [1.82, 2.24) is 10.2 Å². The van der Waals surface area contributed by atoms with E-state index in [1.54, 1.807) is 4.90 Å². The van der Waals surface area contributed by atoms with Crippen LogP contribution in [0.25, 0.3) is 0 Å². The highest BCUT2D eigenvalue weighted by atomic mass is 16.5. The van der Waals surface area contributed by atoms with Gasteiger partial charge in [-0.1, -0.05) is 18.2 Å². The Kier molecular flexibility index (Phi) is 5.16. The molecular formula is C17H24N2O3. The first-order chi connectivity index (χ1) is 10.8. The molecule has 0 unspecified atom stereocenters. The van der Waals surface area contributed by atoms with E-state index in [1.807, 2.05) is 24.3 Å². The van der Waals surface area contributed by atoms with Gasteiger partial charge in [0.05, 0.1) is 19.3 Å². The third-order valence-electron chi connectivity index (χ3n) is 4.30. The predicted molar refractivity (Wildman–Crippen MR) is 84.0 cm³/mol. The number of urea groups is 1. The number of para-hydroxylation sites is 1. The standard InChI is InChI=1S/C17H24N2O3/c20-17(19-9-11-21-12-10-19)18-13-14-5-1-4-8-16(14)22-15-6-2-3-7-15/h1,4-5,8,15H,2-3,6-7,9-13H2,(H,18,20). The molecule has 0 atom stereocenters. The van der Waals surface area contributed by atoms with Crippen molar-refractivity contribution in [2.24, 2.45) is 0 Å². The van der Waals surface area contributed by atoms with E-state index in [0.29, 0.717) is 39.0 Å².